The average Bonchev–Trinajstić information content (AvgIpc) is 2.92. The number of aromatic nitrogens is 3. The molecular weight excluding hydrogens is 278 g/mol. The van der Waals surface area contributed by atoms with Crippen molar-refractivity contribution in [2.24, 2.45) is 0 Å². The van der Waals surface area contributed by atoms with Crippen molar-refractivity contribution >= 4 is 5.69 Å². The van der Waals surface area contributed by atoms with Gasteiger partial charge in [-0.15, -0.1) is 0 Å². The molecule has 5 nitrogen and oxygen atoms in total. The van der Waals surface area contributed by atoms with Crippen LogP contribution in [0.15, 0.2) is 35.1 Å². The first-order chi connectivity index (χ1) is 10.1. The standard InChI is InChI=1S/C14H10F2N4O/c1-7-2-3-18-6-9(7)13-19-14(21-20-13)8-4-10(15)11(16)5-12(8)17/h2-6H,17H2,1H3. The van der Waals surface area contributed by atoms with Crippen molar-refractivity contribution in [2.75, 3.05) is 5.73 Å². The molecule has 0 aliphatic rings. The van der Waals surface area contributed by atoms with Gasteiger partial charge in [-0.05, 0) is 24.6 Å². The lowest BCUT2D eigenvalue weighted by Crippen LogP contribution is -1.95. The van der Waals surface area contributed by atoms with Crippen molar-refractivity contribution in [3.05, 3.63) is 47.8 Å². The molecule has 0 aliphatic carbocycles. The van der Waals surface area contributed by atoms with Crippen molar-refractivity contribution < 1.29 is 13.3 Å². The predicted molar refractivity (Wildman–Crippen MR) is 72.0 cm³/mol. The molecule has 3 aromatic rings. The highest BCUT2D eigenvalue weighted by Gasteiger charge is 2.17. The molecular formula is C14H10F2N4O. The van der Waals surface area contributed by atoms with Gasteiger partial charge in [0.1, 0.15) is 0 Å². The lowest BCUT2D eigenvalue weighted by atomic mass is 10.1. The van der Waals surface area contributed by atoms with Crippen LogP contribution in [0.1, 0.15) is 5.56 Å². The van der Waals surface area contributed by atoms with E-state index in [2.05, 4.69) is 15.1 Å². The summed E-state index contributed by atoms with van der Waals surface area (Å²) in [6.45, 7) is 1.87. The Bertz CT molecular complexity index is 816. The van der Waals surface area contributed by atoms with Crippen LogP contribution in [0, 0.1) is 18.6 Å². The Morgan fingerprint density at radius 3 is 2.67 bits per heavy atom. The maximum atomic E-state index is 13.3. The summed E-state index contributed by atoms with van der Waals surface area (Å²) in [5.41, 5.74) is 7.42. The van der Waals surface area contributed by atoms with Crippen LogP contribution in [-0.4, -0.2) is 15.1 Å². The Morgan fingerprint density at radius 1 is 1.14 bits per heavy atom. The van der Waals surface area contributed by atoms with E-state index in [9.17, 15) is 8.78 Å². The molecule has 0 aliphatic heterocycles. The van der Waals surface area contributed by atoms with Gasteiger partial charge in [0.25, 0.3) is 5.89 Å². The van der Waals surface area contributed by atoms with Crippen LogP contribution < -0.4 is 5.73 Å². The first kappa shape index (κ1) is 13.2. The molecule has 1 aromatic carbocycles. The predicted octanol–water partition coefficient (Wildman–Crippen LogP) is 2.97. The Kier molecular flexibility index (Phi) is 3.09. The Hall–Kier alpha value is -2.83. The lowest BCUT2D eigenvalue weighted by molar-refractivity contribution is 0.431. The van der Waals surface area contributed by atoms with Gasteiger partial charge in [0.05, 0.1) is 5.56 Å². The number of halogens is 2. The first-order valence-corrected chi connectivity index (χ1v) is 6.06. The Labute approximate surface area is 118 Å². The van der Waals surface area contributed by atoms with Crippen molar-refractivity contribution in [3.63, 3.8) is 0 Å². The number of aryl methyl sites for hydroxylation is 1. The van der Waals surface area contributed by atoms with E-state index < -0.39 is 11.6 Å². The number of pyridine rings is 1. The van der Waals surface area contributed by atoms with E-state index in [-0.39, 0.29) is 17.1 Å². The highest BCUT2D eigenvalue weighted by molar-refractivity contribution is 5.71. The van der Waals surface area contributed by atoms with E-state index >= 15 is 0 Å². The summed E-state index contributed by atoms with van der Waals surface area (Å²) in [5, 5.41) is 3.82. The molecule has 2 heterocycles. The number of hydrogen-bond acceptors (Lipinski definition) is 5. The van der Waals surface area contributed by atoms with Crippen molar-refractivity contribution in [3.8, 4) is 22.8 Å². The van der Waals surface area contributed by atoms with Crippen LogP contribution >= 0.6 is 0 Å². The molecule has 2 N–H and O–H groups in total. The molecule has 0 bridgehead atoms. The first-order valence-electron chi connectivity index (χ1n) is 6.06. The molecule has 2 aromatic heterocycles. The van der Waals surface area contributed by atoms with Gasteiger partial charge in [-0.25, -0.2) is 8.78 Å². The van der Waals surface area contributed by atoms with Crippen LogP contribution in [-0.2, 0) is 0 Å². The van der Waals surface area contributed by atoms with Crippen LogP contribution in [0.2, 0.25) is 0 Å². The molecule has 106 valence electrons. The van der Waals surface area contributed by atoms with Gasteiger partial charge in [0.2, 0.25) is 5.82 Å². The highest BCUT2D eigenvalue weighted by Crippen LogP contribution is 2.29. The van der Waals surface area contributed by atoms with Crippen LogP contribution in [0.4, 0.5) is 14.5 Å². The highest BCUT2D eigenvalue weighted by atomic mass is 19.2. The van der Waals surface area contributed by atoms with E-state index in [0.717, 1.165) is 17.7 Å². The maximum Gasteiger partial charge on any atom is 0.260 e. The van der Waals surface area contributed by atoms with Gasteiger partial charge in [0, 0.05) is 29.7 Å². The van der Waals surface area contributed by atoms with E-state index in [1.165, 1.54) is 0 Å². The number of hydrogen-bond donors (Lipinski definition) is 1. The summed E-state index contributed by atoms with van der Waals surface area (Å²) in [4.78, 5) is 8.15. The summed E-state index contributed by atoms with van der Waals surface area (Å²) >= 11 is 0. The smallest absolute Gasteiger partial charge is 0.260 e. The number of nitrogen functional groups attached to an aromatic ring is 1. The number of nitrogens with zero attached hydrogens (tertiary/aromatic N) is 3. The third kappa shape index (κ3) is 2.33. The number of nitrogens with two attached hydrogens (primary N) is 1. The number of anilines is 1. The number of benzene rings is 1. The SMILES string of the molecule is Cc1ccncc1-c1noc(-c2cc(F)c(F)cc2N)n1. The fraction of sp³-hybridized carbons (Fsp3) is 0.0714. The van der Waals surface area contributed by atoms with E-state index in [0.29, 0.717) is 11.4 Å². The molecule has 3 rings (SSSR count). The second kappa shape index (κ2) is 4.93. The van der Waals surface area contributed by atoms with Crippen molar-refractivity contribution in [2.45, 2.75) is 6.92 Å². The van der Waals surface area contributed by atoms with E-state index in [1.54, 1.807) is 18.5 Å². The molecule has 0 amide bonds. The Balaban J connectivity index is 2.07. The summed E-state index contributed by atoms with van der Waals surface area (Å²) in [6, 6.07) is 3.61. The molecule has 0 saturated carbocycles. The minimum atomic E-state index is -1.03. The fourth-order valence-corrected chi connectivity index (χ4v) is 1.89. The van der Waals surface area contributed by atoms with Crippen molar-refractivity contribution in [1.29, 1.82) is 0 Å². The summed E-state index contributed by atoms with van der Waals surface area (Å²) < 4.78 is 31.5. The lowest BCUT2D eigenvalue weighted by Gasteiger charge is -2.01. The second-order valence-electron chi connectivity index (χ2n) is 4.47. The van der Waals surface area contributed by atoms with Gasteiger partial charge in [-0.1, -0.05) is 5.16 Å². The van der Waals surface area contributed by atoms with Crippen LogP contribution in [0.3, 0.4) is 0 Å². The van der Waals surface area contributed by atoms with Gasteiger partial charge >= 0.3 is 0 Å². The fourth-order valence-electron chi connectivity index (χ4n) is 1.89. The maximum absolute atomic E-state index is 13.3. The zero-order chi connectivity index (χ0) is 15.0. The molecule has 0 spiro atoms. The second-order valence-corrected chi connectivity index (χ2v) is 4.47. The molecule has 7 heteroatoms. The zero-order valence-electron chi connectivity index (χ0n) is 11.0. The number of rotatable bonds is 2. The quantitative estimate of drug-likeness (QED) is 0.733. The summed E-state index contributed by atoms with van der Waals surface area (Å²) in [7, 11) is 0. The molecule has 0 fully saturated rings. The normalized spacial score (nSPS) is 10.8. The zero-order valence-corrected chi connectivity index (χ0v) is 11.0. The van der Waals surface area contributed by atoms with Crippen LogP contribution in [0.25, 0.3) is 22.8 Å². The molecule has 0 saturated heterocycles. The topological polar surface area (TPSA) is 77.8 Å². The van der Waals surface area contributed by atoms with E-state index in [1.807, 2.05) is 6.92 Å². The third-order valence-electron chi connectivity index (χ3n) is 3.03. The molecule has 0 radical (unpaired) electrons. The largest absolute Gasteiger partial charge is 0.398 e. The molecule has 0 unspecified atom stereocenters. The molecule has 21 heavy (non-hydrogen) atoms. The van der Waals surface area contributed by atoms with Gasteiger partial charge in [0.15, 0.2) is 11.6 Å². The van der Waals surface area contributed by atoms with Gasteiger partial charge < -0.3 is 10.3 Å². The third-order valence-corrected chi connectivity index (χ3v) is 3.03. The summed E-state index contributed by atoms with van der Waals surface area (Å²) in [6.07, 6.45) is 3.24. The van der Waals surface area contributed by atoms with Crippen LogP contribution in [0.5, 0.6) is 0 Å². The minimum absolute atomic E-state index is 0.0182. The molecule has 0 atom stereocenters. The average molecular weight is 288 g/mol. The summed E-state index contributed by atoms with van der Waals surface area (Å²) in [5.74, 6) is -1.74. The minimum Gasteiger partial charge on any atom is -0.398 e. The monoisotopic (exact) mass is 288 g/mol. The van der Waals surface area contributed by atoms with E-state index in [4.69, 9.17) is 10.3 Å². The Morgan fingerprint density at radius 2 is 1.90 bits per heavy atom. The van der Waals surface area contributed by atoms with Crippen molar-refractivity contribution in [1.82, 2.24) is 15.1 Å². The van der Waals surface area contributed by atoms with Gasteiger partial charge in [-0.2, -0.15) is 4.98 Å². The van der Waals surface area contributed by atoms with Gasteiger partial charge in [-0.3, -0.25) is 4.98 Å².